The van der Waals surface area contributed by atoms with Crippen LogP contribution in [0.5, 0.6) is 34.5 Å². The van der Waals surface area contributed by atoms with Gasteiger partial charge in [-0.05, 0) is 60.7 Å². The normalized spacial score (nSPS) is 11.1. The van der Waals surface area contributed by atoms with Crippen LogP contribution in [0.3, 0.4) is 0 Å². The predicted molar refractivity (Wildman–Crippen MR) is 201 cm³/mol. The van der Waals surface area contributed by atoms with E-state index in [1.807, 2.05) is 0 Å². The van der Waals surface area contributed by atoms with Gasteiger partial charge >= 0.3 is 11.9 Å². The molecule has 0 radical (unpaired) electrons. The van der Waals surface area contributed by atoms with E-state index >= 15 is 0 Å². The number of amides is 2. The summed E-state index contributed by atoms with van der Waals surface area (Å²) in [5, 5.41) is 26.3. The number of hydrogen-bond acceptors (Lipinski definition) is 11. The lowest BCUT2D eigenvalue weighted by Gasteiger charge is -2.14. The first kappa shape index (κ1) is 37.5. The standard InChI is InChI=1S/C38H34N2O12S/c1-47-27-11-7-19(33(49-3)35(27)51-5)9-13-31(41)39-25-17-29-21(15-23(25)37(43)44)22-16-24(38(45)46)26(18-30(22)53-29)40-32(42)14-10-20-8-12-28(48-2)36(52-6)34(20)50-4/h7-18H,1-6H3,(H,39,41)(H,40,42)(H,43,44)(H,45,46). The summed E-state index contributed by atoms with van der Waals surface area (Å²) >= 11 is 1.22. The molecule has 15 heteroatoms. The Morgan fingerprint density at radius 1 is 0.547 bits per heavy atom. The van der Waals surface area contributed by atoms with Crippen LogP contribution in [0.25, 0.3) is 32.3 Å². The van der Waals surface area contributed by atoms with Gasteiger partial charge in [0.25, 0.3) is 0 Å². The Morgan fingerprint density at radius 3 is 1.25 bits per heavy atom. The van der Waals surface area contributed by atoms with E-state index in [1.165, 1.54) is 103 Å². The third-order valence-electron chi connectivity index (χ3n) is 8.02. The number of methoxy groups -OCH3 is 6. The van der Waals surface area contributed by atoms with Gasteiger partial charge in [0, 0.05) is 43.5 Å². The van der Waals surface area contributed by atoms with Gasteiger partial charge in [-0.25, -0.2) is 9.59 Å². The van der Waals surface area contributed by atoms with Crippen molar-refractivity contribution < 1.29 is 57.8 Å². The summed E-state index contributed by atoms with van der Waals surface area (Å²) in [4.78, 5) is 50.8. The van der Waals surface area contributed by atoms with E-state index in [4.69, 9.17) is 28.4 Å². The van der Waals surface area contributed by atoms with Gasteiger partial charge in [-0.1, -0.05) is 0 Å². The SMILES string of the molecule is COc1ccc(C=CC(=O)Nc2cc3sc4cc(NC(=O)C=Cc5ccc(OC)c(OC)c5OC)c(C(=O)O)cc4c3cc2C(=O)O)c(OC)c1OC. The Hall–Kier alpha value is -6.74. The molecule has 5 aromatic rings. The quantitative estimate of drug-likeness (QED) is 0.0872. The fourth-order valence-electron chi connectivity index (χ4n) is 5.62. The molecule has 14 nitrogen and oxygen atoms in total. The second kappa shape index (κ2) is 16.1. The first-order valence-electron chi connectivity index (χ1n) is 15.5. The molecule has 2 amide bonds. The smallest absolute Gasteiger partial charge is 0.337 e. The fourth-order valence-corrected chi connectivity index (χ4v) is 6.77. The topological polar surface area (TPSA) is 188 Å². The molecular formula is C38H34N2O12S. The molecule has 0 aliphatic heterocycles. The van der Waals surface area contributed by atoms with Crippen LogP contribution in [0.4, 0.5) is 11.4 Å². The van der Waals surface area contributed by atoms with Crippen molar-refractivity contribution in [3.8, 4) is 34.5 Å². The Balaban J connectivity index is 1.46. The first-order chi connectivity index (χ1) is 25.5. The summed E-state index contributed by atoms with van der Waals surface area (Å²) in [6.45, 7) is 0. The number of carbonyl (C=O) groups excluding carboxylic acids is 2. The van der Waals surface area contributed by atoms with Crippen molar-refractivity contribution in [1.82, 2.24) is 0 Å². The van der Waals surface area contributed by atoms with E-state index in [1.54, 1.807) is 24.3 Å². The number of benzene rings is 4. The van der Waals surface area contributed by atoms with Crippen LogP contribution >= 0.6 is 11.3 Å². The van der Waals surface area contributed by atoms with Gasteiger partial charge in [0.1, 0.15) is 0 Å². The zero-order chi connectivity index (χ0) is 38.4. The Morgan fingerprint density at radius 2 is 0.925 bits per heavy atom. The van der Waals surface area contributed by atoms with Crippen LogP contribution in [0.1, 0.15) is 31.8 Å². The predicted octanol–water partition coefficient (Wildman–Crippen LogP) is 6.81. The van der Waals surface area contributed by atoms with Crippen molar-refractivity contribution in [2.75, 3.05) is 53.3 Å². The molecule has 0 aliphatic carbocycles. The number of carbonyl (C=O) groups is 4. The summed E-state index contributed by atoms with van der Waals surface area (Å²) in [6.07, 6.45) is 5.40. The molecule has 0 spiro atoms. The molecule has 0 aliphatic rings. The van der Waals surface area contributed by atoms with Crippen molar-refractivity contribution in [3.63, 3.8) is 0 Å². The van der Waals surface area contributed by atoms with Crippen LogP contribution in [0, 0.1) is 0 Å². The van der Waals surface area contributed by atoms with E-state index in [9.17, 15) is 29.4 Å². The van der Waals surface area contributed by atoms with Crippen LogP contribution < -0.4 is 39.1 Å². The fraction of sp³-hybridized carbons (Fsp3) is 0.158. The molecule has 1 heterocycles. The molecule has 274 valence electrons. The zero-order valence-electron chi connectivity index (χ0n) is 29.3. The molecule has 1 aromatic heterocycles. The minimum Gasteiger partial charge on any atom is -0.493 e. The lowest BCUT2D eigenvalue weighted by molar-refractivity contribution is -0.112. The van der Waals surface area contributed by atoms with Gasteiger partial charge in [0.15, 0.2) is 23.0 Å². The highest BCUT2D eigenvalue weighted by Gasteiger charge is 2.21. The number of carboxylic acid groups (broad SMARTS) is 2. The monoisotopic (exact) mass is 742 g/mol. The average molecular weight is 743 g/mol. The number of ether oxygens (including phenoxy) is 6. The maximum absolute atomic E-state index is 13.0. The minimum atomic E-state index is -1.31. The van der Waals surface area contributed by atoms with E-state index in [-0.39, 0.29) is 22.5 Å². The van der Waals surface area contributed by atoms with Gasteiger partial charge in [0.05, 0.1) is 65.2 Å². The van der Waals surface area contributed by atoms with Gasteiger partial charge in [-0.15, -0.1) is 11.3 Å². The second-order valence-electron chi connectivity index (χ2n) is 11.0. The number of fused-ring (bicyclic) bond motifs is 3. The highest BCUT2D eigenvalue weighted by molar-refractivity contribution is 7.25. The Labute approximate surface area is 306 Å². The summed E-state index contributed by atoms with van der Waals surface area (Å²) < 4.78 is 33.4. The first-order valence-corrected chi connectivity index (χ1v) is 16.4. The average Bonchev–Trinajstić information content (AvgIpc) is 3.50. The van der Waals surface area contributed by atoms with Crippen molar-refractivity contribution in [2.24, 2.45) is 0 Å². The van der Waals surface area contributed by atoms with E-state index in [0.717, 1.165) is 0 Å². The van der Waals surface area contributed by atoms with Gasteiger partial charge < -0.3 is 49.3 Å². The van der Waals surface area contributed by atoms with Crippen molar-refractivity contribution in [2.45, 2.75) is 0 Å². The number of hydrogen-bond donors (Lipinski definition) is 4. The lowest BCUT2D eigenvalue weighted by Crippen LogP contribution is -2.12. The molecule has 0 fully saturated rings. The highest BCUT2D eigenvalue weighted by atomic mass is 32.1. The molecule has 0 atom stereocenters. The molecule has 0 bridgehead atoms. The van der Waals surface area contributed by atoms with Crippen molar-refractivity contribution >= 4 is 78.8 Å². The number of anilines is 2. The van der Waals surface area contributed by atoms with E-state index in [2.05, 4.69) is 10.6 Å². The lowest BCUT2D eigenvalue weighted by atomic mass is 10.0. The minimum absolute atomic E-state index is 0.0215. The van der Waals surface area contributed by atoms with Gasteiger partial charge in [-0.3, -0.25) is 9.59 Å². The maximum Gasteiger partial charge on any atom is 0.337 e. The zero-order valence-corrected chi connectivity index (χ0v) is 30.1. The number of thiophene rings is 1. The molecule has 4 aromatic carbocycles. The van der Waals surface area contributed by atoms with Crippen LogP contribution in [-0.4, -0.2) is 76.6 Å². The van der Waals surface area contributed by atoms with Gasteiger partial charge in [-0.2, -0.15) is 0 Å². The number of aromatic carboxylic acids is 2. The third kappa shape index (κ3) is 7.64. The second-order valence-corrected chi connectivity index (χ2v) is 12.1. The molecular weight excluding hydrogens is 708 g/mol. The largest absolute Gasteiger partial charge is 0.493 e. The maximum atomic E-state index is 13.0. The number of carboxylic acids is 2. The summed E-state index contributed by atoms with van der Waals surface area (Å²) in [5.41, 5.74) is 0.626. The van der Waals surface area contributed by atoms with Crippen LogP contribution in [-0.2, 0) is 9.59 Å². The van der Waals surface area contributed by atoms with Crippen molar-refractivity contribution in [3.05, 3.63) is 82.9 Å². The molecule has 5 rings (SSSR count). The van der Waals surface area contributed by atoms with Crippen LogP contribution in [0.15, 0.2) is 60.7 Å². The van der Waals surface area contributed by atoms with Gasteiger partial charge in [0.2, 0.25) is 23.3 Å². The molecule has 53 heavy (non-hydrogen) atoms. The van der Waals surface area contributed by atoms with Crippen LogP contribution in [0.2, 0.25) is 0 Å². The molecule has 0 unspecified atom stereocenters. The third-order valence-corrected chi connectivity index (χ3v) is 9.14. The number of rotatable bonds is 14. The summed E-state index contributed by atoms with van der Waals surface area (Å²) in [5.74, 6) is -1.67. The highest BCUT2D eigenvalue weighted by Crippen LogP contribution is 2.42. The molecule has 0 saturated carbocycles. The number of nitrogens with one attached hydrogen (secondary N) is 2. The Kier molecular flexibility index (Phi) is 11.4. The summed E-state index contributed by atoms with van der Waals surface area (Å²) in [6, 6.07) is 12.4. The molecule has 0 saturated heterocycles. The van der Waals surface area contributed by atoms with Crippen molar-refractivity contribution in [1.29, 1.82) is 0 Å². The van der Waals surface area contributed by atoms with E-state index < -0.39 is 23.8 Å². The molecule has 4 N–H and O–H groups in total. The Bertz CT molecular complexity index is 2170. The summed E-state index contributed by atoms with van der Waals surface area (Å²) in [7, 11) is 8.76. The van der Waals surface area contributed by atoms with E-state index in [0.29, 0.717) is 65.8 Å².